The Labute approximate surface area is 149 Å². The summed E-state index contributed by atoms with van der Waals surface area (Å²) in [6.45, 7) is 8.74. The molecule has 2 rings (SSSR count). The van der Waals surface area contributed by atoms with Crippen LogP contribution in [-0.4, -0.2) is 5.60 Å². The van der Waals surface area contributed by atoms with Gasteiger partial charge in [-0.25, -0.2) is 0 Å². The summed E-state index contributed by atoms with van der Waals surface area (Å²) in [5.74, 6) is 1.52. The normalized spacial score (nSPS) is 13.2. The molecule has 124 valence electrons. The average molecular weight is 351 g/mol. The van der Waals surface area contributed by atoms with Crippen molar-refractivity contribution in [2.24, 2.45) is 11.8 Å². The molecule has 0 aliphatic heterocycles. The molecule has 3 heteroatoms. The molecule has 0 N–H and O–H groups in total. The Morgan fingerprint density at radius 3 is 2.22 bits per heavy atom. The van der Waals surface area contributed by atoms with Crippen molar-refractivity contribution in [2.75, 3.05) is 0 Å². The van der Waals surface area contributed by atoms with Gasteiger partial charge in [0, 0.05) is 10.9 Å². The quantitative estimate of drug-likeness (QED) is 0.565. The third-order valence-corrected chi connectivity index (χ3v) is 4.79. The summed E-state index contributed by atoms with van der Waals surface area (Å²) in [6, 6.07) is 15.9. The maximum atomic E-state index is 6.29. The highest BCUT2D eigenvalue weighted by Crippen LogP contribution is 2.36. The van der Waals surface area contributed by atoms with Crippen LogP contribution in [0.25, 0.3) is 0 Å². The van der Waals surface area contributed by atoms with Gasteiger partial charge in [-0.2, -0.15) is 0 Å². The van der Waals surface area contributed by atoms with Crippen LogP contribution < -0.4 is 4.74 Å². The molecule has 2 aromatic carbocycles. The van der Waals surface area contributed by atoms with Gasteiger partial charge in [-0.3, -0.25) is 0 Å². The van der Waals surface area contributed by atoms with Crippen molar-refractivity contribution in [3.8, 4) is 5.75 Å². The summed E-state index contributed by atoms with van der Waals surface area (Å²) in [4.78, 5) is 0. The lowest BCUT2D eigenvalue weighted by molar-refractivity contribution is 0.0211. The highest BCUT2D eigenvalue weighted by atomic mass is 35.5. The second-order valence-electron chi connectivity index (χ2n) is 6.82. The molecule has 0 saturated heterocycles. The summed E-state index contributed by atoms with van der Waals surface area (Å²) in [5.41, 5.74) is 0.978. The molecule has 1 nitrogen and oxygen atoms in total. The molecule has 0 aromatic heterocycles. The minimum absolute atomic E-state index is 0.346. The van der Waals surface area contributed by atoms with E-state index < -0.39 is 0 Å². The maximum Gasteiger partial charge on any atom is 0.138 e. The van der Waals surface area contributed by atoms with Gasteiger partial charge in [0.05, 0.1) is 5.02 Å². The zero-order valence-electron chi connectivity index (χ0n) is 14.1. The van der Waals surface area contributed by atoms with Crippen molar-refractivity contribution in [1.29, 1.82) is 0 Å². The first kappa shape index (κ1) is 18.2. The molecule has 0 amide bonds. The van der Waals surface area contributed by atoms with Gasteiger partial charge in [-0.05, 0) is 49.9 Å². The smallest absolute Gasteiger partial charge is 0.138 e. The van der Waals surface area contributed by atoms with Crippen LogP contribution in [0.4, 0.5) is 0 Å². The highest BCUT2D eigenvalue weighted by molar-refractivity contribution is 6.35. The predicted molar refractivity (Wildman–Crippen MR) is 99.6 cm³/mol. The molecule has 0 spiro atoms. The van der Waals surface area contributed by atoms with Crippen LogP contribution in [0.1, 0.15) is 33.3 Å². The monoisotopic (exact) mass is 350 g/mol. The van der Waals surface area contributed by atoms with Crippen LogP contribution in [0, 0.1) is 11.8 Å². The zero-order valence-corrected chi connectivity index (χ0v) is 15.7. The summed E-state index contributed by atoms with van der Waals surface area (Å²) in [5, 5.41) is 1.16. The fourth-order valence-corrected chi connectivity index (χ4v) is 3.52. The first-order valence-corrected chi connectivity index (χ1v) is 8.73. The third kappa shape index (κ3) is 4.89. The van der Waals surface area contributed by atoms with Gasteiger partial charge in [0.25, 0.3) is 0 Å². The molecule has 0 radical (unpaired) electrons. The van der Waals surface area contributed by atoms with Crippen LogP contribution in [0.3, 0.4) is 0 Å². The molecule has 0 aliphatic rings. The summed E-state index contributed by atoms with van der Waals surface area (Å²) in [6.07, 6.45) is 0.969. The molecule has 23 heavy (non-hydrogen) atoms. The Morgan fingerprint density at radius 1 is 1.00 bits per heavy atom. The molecule has 0 bridgehead atoms. The van der Waals surface area contributed by atoms with E-state index >= 15 is 0 Å². The van der Waals surface area contributed by atoms with Gasteiger partial charge in [0.1, 0.15) is 11.4 Å². The standard InChI is InChI=1S/C20H24Cl2O/c1-14(2)17(12-15-8-6-5-7-9-15)20(3,4)23-19-11-10-16(21)13-18(19)22/h5-11,13-14,17H,12H2,1-4H3/t17-/m0/s1. The number of rotatable bonds is 6. The molecule has 0 aliphatic carbocycles. The minimum atomic E-state index is -0.346. The van der Waals surface area contributed by atoms with Gasteiger partial charge < -0.3 is 4.74 Å². The Balaban J connectivity index is 2.22. The SMILES string of the molecule is CC(C)[C@H](Cc1ccccc1)C(C)(C)Oc1ccc(Cl)cc1Cl. The zero-order chi connectivity index (χ0) is 17.0. The van der Waals surface area contributed by atoms with E-state index in [1.165, 1.54) is 5.56 Å². The van der Waals surface area contributed by atoms with E-state index in [-0.39, 0.29) is 5.60 Å². The third-order valence-electron chi connectivity index (χ3n) is 4.26. The molecule has 0 saturated carbocycles. The lowest BCUT2D eigenvalue weighted by Gasteiger charge is -2.38. The van der Waals surface area contributed by atoms with Crippen LogP contribution in [0.15, 0.2) is 48.5 Å². The average Bonchev–Trinajstić information content (AvgIpc) is 2.48. The lowest BCUT2D eigenvalue weighted by Crippen LogP contribution is -2.41. The van der Waals surface area contributed by atoms with E-state index in [4.69, 9.17) is 27.9 Å². The van der Waals surface area contributed by atoms with Crippen molar-refractivity contribution in [1.82, 2.24) is 0 Å². The van der Waals surface area contributed by atoms with Gasteiger partial charge >= 0.3 is 0 Å². The van der Waals surface area contributed by atoms with Crippen LogP contribution in [0.2, 0.25) is 10.0 Å². The fourth-order valence-electron chi connectivity index (χ4n) is 3.07. The molecule has 1 atom stereocenters. The summed E-state index contributed by atoms with van der Waals surface area (Å²) in [7, 11) is 0. The van der Waals surface area contributed by atoms with Crippen LogP contribution in [-0.2, 0) is 6.42 Å². The topological polar surface area (TPSA) is 9.23 Å². The largest absolute Gasteiger partial charge is 0.486 e. The number of benzene rings is 2. The minimum Gasteiger partial charge on any atom is -0.486 e. The van der Waals surface area contributed by atoms with Gasteiger partial charge in [-0.15, -0.1) is 0 Å². The summed E-state index contributed by atoms with van der Waals surface area (Å²) < 4.78 is 6.29. The lowest BCUT2D eigenvalue weighted by atomic mass is 9.77. The second kappa shape index (κ2) is 7.59. The molecular weight excluding hydrogens is 327 g/mol. The second-order valence-corrected chi connectivity index (χ2v) is 7.66. The van der Waals surface area contributed by atoms with Crippen molar-refractivity contribution in [2.45, 2.75) is 39.7 Å². The van der Waals surface area contributed by atoms with E-state index in [2.05, 4.69) is 52.0 Å². The van der Waals surface area contributed by atoms with Gasteiger partial charge in [0.15, 0.2) is 0 Å². The van der Waals surface area contributed by atoms with Gasteiger partial charge in [-0.1, -0.05) is 67.4 Å². The first-order chi connectivity index (χ1) is 10.8. The maximum absolute atomic E-state index is 6.29. The Hall–Kier alpha value is -1.18. The number of hydrogen-bond acceptors (Lipinski definition) is 1. The molecular formula is C20H24Cl2O. The molecule has 0 fully saturated rings. The van der Waals surface area contributed by atoms with Crippen LogP contribution in [0.5, 0.6) is 5.75 Å². The van der Waals surface area contributed by atoms with Crippen molar-refractivity contribution in [3.63, 3.8) is 0 Å². The van der Waals surface area contributed by atoms with Crippen molar-refractivity contribution < 1.29 is 4.74 Å². The van der Waals surface area contributed by atoms with Crippen molar-refractivity contribution in [3.05, 3.63) is 64.1 Å². The summed E-state index contributed by atoms with van der Waals surface area (Å²) >= 11 is 12.2. The van der Waals surface area contributed by atoms with E-state index in [9.17, 15) is 0 Å². The highest BCUT2D eigenvalue weighted by Gasteiger charge is 2.34. The molecule has 0 heterocycles. The van der Waals surface area contributed by atoms with E-state index in [1.807, 2.05) is 12.1 Å². The molecule has 0 unspecified atom stereocenters. The van der Waals surface area contributed by atoms with Crippen LogP contribution >= 0.6 is 23.2 Å². The van der Waals surface area contributed by atoms with Gasteiger partial charge in [0.2, 0.25) is 0 Å². The number of hydrogen-bond donors (Lipinski definition) is 0. The van der Waals surface area contributed by atoms with E-state index in [0.29, 0.717) is 27.6 Å². The first-order valence-electron chi connectivity index (χ1n) is 7.97. The van der Waals surface area contributed by atoms with Crippen molar-refractivity contribution >= 4 is 23.2 Å². The predicted octanol–water partition coefficient (Wildman–Crippen LogP) is 6.67. The Bertz CT molecular complexity index is 635. The molecule has 2 aromatic rings. The fraction of sp³-hybridized carbons (Fsp3) is 0.400. The Kier molecular flexibility index (Phi) is 6.00. The number of ether oxygens (including phenoxy) is 1. The van der Waals surface area contributed by atoms with E-state index in [1.54, 1.807) is 12.1 Å². The van der Waals surface area contributed by atoms with E-state index in [0.717, 1.165) is 6.42 Å². The Morgan fingerprint density at radius 2 is 1.65 bits per heavy atom. The number of halogens is 2.